The molecule has 0 unspecified atom stereocenters. The van der Waals surface area contributed by atoms with Gasteiger partial charge in [0.15, 0.2) is 0 Å². The molecule has 0 spiro atoms. The largest absolute Gasteiger partial charge is 0.507 e. The summed E-state index contributed by atoms with van der Waals surface area (Å²) in [6.45, 7) is 0. The van der Waals surface area contributed by atoms with Crippen molar-refractivity contribution in [3.63, 3.8) is 0 Å². The summed E-state index contributed by atoms with van der Waals surface area (Å²) >= 11 is 0. The molecule has 0 saturated carbocycles. The number of hydrogen-bond acceptors (Lipinski definition) is 3. The number of aldehydes is 1. The molecule has 2 rings (SSSR count). The second-order valence-electron chi connectivity index (χ2n) is 3.63. The highest BCUT2D eigenvalue weighted by atomic mass is 16.5. The van der Waals surface area contributed by atoms with Crippen molar-refractivity contribution in [3.05, 3.63) is 48.0 Å². The van der Waals surface area contributed by atoms with Gasteiger partial charge in [-0.15, -0.1) is 0 Å². The van der Waals surface area contributed by atoms with E-state index in [4.69, 9.17) is 4.74 Å². The average molecular weight is 228 g/mol. The Morgan fingerprint density at radius 1 is 1.18 bits per heavy atom. The molecule has 0 bridgehead atoms. The fourth-order valence-corrected chi connectivity index (χ4v) is 1.65. The summed E-state index contributed by atoms with van der Waals surface area (Å²) < 4.78 is 5.12. The molecule has 0 heterocycles. The molecule has 3 heteroatoms. The maximum absolute atomic E-state index is 10.7. The van der Waals surface area contributed by atoms with Crippen LogP contribution in [-0.4, -0.2) is 18.5 Å². The molecule has 0 aromatic heterocycles. The molecule has 0 aliphatic heterocycles. The van der Waals surface area contributed by atoms with Crippen molar-refractivity contribution in [1.29, 1.82) is 0 Å². The van der Waals surface area contributed by atoms with Crippen LogP contribution >= 0.6 is 0 Å². The van der Waals surface area contributed by atoms with Gasteiger partial charge in [-0.3, -0.25) is 4.79 Å². The Bertz CT molecular complexity index is 547. The van der Waals surface area contributed by atoms with E-state index < -0.39 is 0 Å². The second-order valence-corrected chi connectivity index (χ2v) is 3.63. The van der Waals surface area contributed by atoms with E-state index in [1.807, 2.05) is 24.3 Å². The molecule has 17 heavy (non-hydrogen) atoms. The van der Waals surface area contributed by atoms with E-state index >= 15 is 0 Å². The molecule has 0 aliphatic rings. The van der Waals surface area contributed by atoms with E-state index in [0.29, 0.717) is 16.9 Å². The van der Waals surface area contributed by atoms with Crippen LogP contribution in [0.5, 0.6) is 11.5 Å². The van der Waals surface area contributed by atoms with Gasteiger partial charge in [-0.05, 0) is 35.9 Å². The van der Waals surface area contributed by atoms with E-state index in [0.717, 1.165) is 11.8 Å². The van der Waals surface area contributed by atoms with Crippen LogP contribution in [0.2, 0.25) is 0 Å². The molecule has 0 aliphatic carbocycles. The number of benzene rings is 2. The quantitative estimate of drug-likeness (QED) is 0.821. The first-order valence-corrected chi connectivity index (χ1v) is 5.17. The van der Waals surface area contributed by atoms with Crippen molar-refractivity contribution < 1.29 is 14.6 Å². The highest BCUT2D eigenvalue weighted by molar-refractivity contribution is 5.81. The Labute approximate surface area is 99.3 Å². The SMILES string of the molecule is COc1cccc(-c2cc(C=O)ccc2O)c1. The van der Waals surface area contributed by atoms with Crippen molar-refractivity contribution in [2.75, 3.05) is 7.11 Å². The zero-order valence-corrected chi connectivity index (χ0v) is 9.38. The van der Waals surface area contributed by atoms with Gasteiger partial charge in [0.25, 0.3) is 0 Å². The Hall–Kier alpha value is -2.29. The molecule has 0 atom stereocenters. The molecule has 0 radical (unpaired) electrons. The average Bonchev–Trinajstić information content (AvgIpc) is 2.39. The lowest BCUT2D eigenvalue weighted by atomic mass is 10.0. The van der Waals surface area contributed by atoms with Gasteiger partial charge in [-0.2, -0.15) is 0 Å². The third-order valence-electron chi connectivity index (χ3n) is 2.54. The van der Waals surface area contributed by atoms with Gasteiger partial charge in [0.2, 0.25) is 0 Å². The fourth-order valence-electron chi connectivity index (χ4n) is 1.65. The molecule has 0 fully saturated rings. The summed E-state index contributed by atoms with van der Waals surface area (Å²) in [7, 11) is 1.58. The number of phenolic OH excluding ortho intramolecular Hbond substituents is 1. The first-order chi connectivity index (χ1) is 8.24. The van der Waals surface area contributed by atoms with E-state index in [1.54, 1.807) is 19.2 Å². The zero-order valence-electron chi connectivity index (χ0n) is 9.38. The molecule has 0 amide bonds. The zero-order chi connectivity index (χ0) is 12.3. The Morgan fingerprint density at radius 3 is 2.71 bits per heavy atom. The fraction of sp³-hybridized carbons (Fsp3) is 0.0714. The van der Waals surface area contributed by atoms with Gasteiger partial charge < -0.3 is 9.84 Å². The van der Waals surface area contributed by atoms with Crippen molar-refractivity contribution in [2.45, 2.75) is 0 Å². The molecule has 2 aromatic rings. The summed E-state index contributed by atoms with van der Waals surface area (Å²) in [6.07, 6.45) is 0.753. The Balaban J connectivity index is 2.54. The van der Waals surface area contributed by atoms with Crippen LogP contribution in [0.25, 0.3) is 11.1 Å². The van der Waals surface area contributed by atoms with E-state index in [2.05, 4.69) is 0 Å². The molecular weight excluding hydrogens is 216 g/mol. The van der Waals surface area contributed by atoms with Crippen molar-refractivity contribution >= 4 is 6.29 Å². The van der Waals surface area contributed by atoms with Crippen molar-refractivity contribution in [3.8, 4) is 22.6 Å². The van der Waals surface area contributed by atoms with Crippen LogP contribution in [0, 0.1) is 0 Å². The highest BCUT2D eigenvalue weighted by Gasteiger charge is 2.06. The van der Waals surface area contributed by atoms with E-state index in [-0.39, 0.29) is 5.75 Å². The number of ether oxygens (including phenoxy) is 1. The van der Waals surface area contributed by atoms with Crippen molar-refractivity contribution in [2.24, 2.45) is 0 Å². The van der Waals surface area contributed by atoms with Gasteiger partial charge >= 0.3 is 0 Å². The number of methoxy groups -OCH3 is 1. The lowest BCUT2D eigenvalue weighted by molar-refractivity contribution is 0.112. The highest BCUT2D eigenvalue weighted by Crippen LogP contribution is 2.31. The predicted octanol–water partition coefficient (Wildman–Crippen LogP) is 2.88. The monoisotopic (exact) mass is 228 g/mol. The minimum Gasteiger partial charge on any atom is -0.507 e. The van der Waals surface area contributed by atoms with Crippen LogP contribution < -0.4 is 4.74 Å². The topological polar surface area (TPSA) is 46.5 Å². The normalized spacial score (nSPS) is 9.94. The first-order valence-electron chi connectivity index (χ1n) is 5.17. The molecule has 1 N–H and O–H groups in total. The van der Waals surface area contributed by atoms with Gasteiger partial charge in [-0.25, -0.2) is 0 Å². The van der Waals surface area contributed by atoms with Gasteiger partial charge in [0.05, 0.1) is 7.11 Å². The number of carbonyl (C=O) groups is 1. The summed E-state index contributed by atoms with van der Waals surface area (Å²) in [5.41, 5.74) is 1.96. The third kappa shape index (κ3) is 2.28. The lowest BCUT2D eigenvalue weighted by Crippen LogP contribution is -1.86. The molecular formula is C14H12O3. The molecule has 0 saturated heterocycles. The smallest absolute Gasteiger partial charge is 0.150 e. The summed E-state index contributed by atoms with van der Waals surface area (Å²) in [6, 6.07) is 12.1. The van der Waals surface area contributed by atoms with Gasteiger partial charge in [-0.1, -0.05) is 12.1 Å². The molecule has 86 valence electrons. The number of aromatic hydroxyl groups is 1. The maximum Gasteiger partial charge on any atom is 0.150 e. The maximum atomic E-state index is 10.7. The lowest BCUT2D eigenvalue weighted by Gasteiger charge is -2.07. The minimum atomic E-state index is 0.142. The third-order valence-corrected chi connectivity index (χ3v) is 2.54. The van der Waals surface area contributed by atoms with Gasteiger partial charge in [0.1, 0.15) is 17.8 Å². The standard InChI is InChI=1S/C14H12O3/c1-17-12-4-2-3-11(8-12)13-7-10(9-15)5-6-14(13)16/h2-9,16H,1H3. The molecule has 2 aromatic carbocycles. The van der Waals surface area contributed by atoms with Crippen LogP contribution in [0.1, 0.15) is 10.4 Å². The Morgan fingerprint density at radius 2 is 2.00 bits per heavy atom. The summed E-state index contributed by atoms with van der Waals surface area (Å²) in [5.74, 6) is 0.849. The summed E-state index contributed by atoms with van der Waals surface area (Å²) in [5, 5.41) is 9.79. The minimum absolute atomic E-state index is 0.142. The van der Waals surface area contributed by atoms with E-state index in [1.165, 1.54) is 6.07 Å². The molecule has 3 nitrogen and oxygen atoms in total. The van der Waals surface area contributed by atoms with Crippen LogP contribution in [0.3, 0.4) is 0 Å². The first kappa shape index (κ1) is 11.2. The van der Waals surface area contributed by atoms with Crippen LogP contribution in [-0.2, 0) is 0 Å². The number of rotatable bonds is 3. The number of phenols is 1. The van der Waals surface area contributed by atoms with Gasteiger partial charge in [0, 0.05) is 11.1 Å². The van der Waals surface area contributed by atoms with Crippen LogP contribution in [0.15, 0.2) is 42.5 Å². The van der Waals surface area contributed by atoms with Crippen molar-refractivity contribution in [1.82, 2.24) is 0 Å². The number of carbonyl (C=O) groups excluding carboxylic acids is 1. The predicted molar refractivity (Wildman–Crippen MR) is 65.5 cm³/mol. The Kier molecular flexibility index (Phi) is 3.10. The number of hydrogen-bond donors (Lipinski definition) is 1. The van der Waals surface area contributed by atoms with E-state index in [9.17, 15) is 9.90 Å². The second kappa shape index (κ2) is 4.70. The van der Waals surface area contributed by atoms with Crippen LogP contribution in [0.4, 0.5) is 0 Å². The summed E-state index contributed by atoms with van der Waals surface area (Å²) in [4.78, 5) is 10.7.